The van der Waals surface area contributed by atoms with Gasteiger partial charge in [-0.15, -0.1) is 24.0 Å². The predicted octanol–water partition coefficient (Wildman–Crippen LogP) is 2.90. The summed E-state index contributed by atoms with van der Waals surface area (Å²) >= 11 is 0. The Balaban J connectivity index is 0.00000261. The lowest BCUT2D eigenvalue weighted by Crippen LogP contribution is -2.47. The van der Waals surface area contributed by atoms with Crippen molar-refractivity contribution in [3.05, 3.63) is 35.6 Å². The molecule has 27 heavy (non-hydrogen) atoms. The predicted molar refractivity (Wildman–Crippen MR) is 117 cm³/mol. The first-order valence-corrected chi connectivity index (χ1v) is 9.46. The lowest BCUT2D eigenvalue weighted by atomic mass is 9.95. The highest BCUT2D eigenvalue weighted by Crippen LogP contribution is 2.48. The van der Waals surface area contributed by atoms with Crippen molar-refractivity contribution in [2.45, 2.75) is 44.6 Å². The zero-order valence-electron chi connectivity index (χ0n) is 16.3. The largest absolute Gasteiger partial charge is 0.356 e. The van der Waals surface area contributed by atoms with E-state index in [0.717, 1.165) is 37.3 Å². The van der Waals surface area contributed by atoms with Crippen LogP contribution in [0.15, 0.2) is 29.3 Å². The van der Waals surface area contributed by atoms with Gasteiger partial charge in [-0.3, -0.25) is 9.79 Å². The fraction of sp³-hybridized carbons (Fsp3) is 0.600. The Morgan fingerprint density at radius 3 is 2.67 bits per heavy atom. The molecule has 0 aromatic heterocycles. The lowest BCUT2D eigenvalue weighted by molar-refractivity contribution is -0.133. The van der Waals surface area contributed by atoms with Crippen molar-refractivity contribution in [1.82, 2.24) is 15.5 Å². The van der Waals surface area contributed by atoms with Crippen LogP contribution in [0.3, 0.4) is 0 Å². The number of amides is 1. The molecule has 1 aliphatic carbocycles. The molecule has 0 radical (unpaired) electrons. The molecule has 150 valence electrons. The van der Waals surface area contributed by atoms with E-state index in [4.69, 9.17) is 0 Å². The average Bonchev–Trinajstić information content (AvgIpc) is 3.27. The summed E-state index contributed by atoms with van der Waals surface area (Å²) in [6, 6.07) is 7.23. The molecule has 0 spiro atoms. The van der Waals surface area contributed by atoms with E-state index in [0.29, 0.717) is 13.1 Å². The second-order valence-electron chi connectivity index (χ2n) is 7.75. The summed E-state index contributed by atoms with van der Waals surface area (Å²) in [6.07, 6.45) is 2.88. The number of hydrogen-bond acceptors (Lipinski definition) is 2. The Kier molecular flexibility index (Phi) is 7.47. The van der Waals surface area contributed by atoms with Crippen LogP contribution in [0.5, 0.6) is 0 Å². The summed E-state index contributed by atoms with van der Waals surface area (Å²) in [6.45, 7) is 6.01. The minimum Gasteiger partial charge on any atom is -0.356 e. The number of benzene rings is 1. The summed E-state index contributed by atoms with van der Waals surface area (Å²) in [5.41, 5.74) is 0.663. The maximum atomic E-state index is 14.1. The number of rotatable bonds is 5. The summed E-state index contributed by atoms with van der Waals surface area (Å²) < 4.78 is 14.1. The van der Waals surface area contributed by atoms with E-state index in [1.807, 2.05) is 30.9 Å². The smallest absolute Gasteiger partial charge is 0.225 e. The van der Waals surface area contributed by atoms with E-state index >= 15 is 0 Å². The van der Waals surface area contributed by atoms with E-state index in [1.165, 1.54) is 6.07 Å². The highest BCUT2D eigenvalue weighted by atomic mass is 127. The highest BCUT2D eigenvalue weighted by molar-refractivity contribution is 14.0. The van der Waals surface area contributed by atoms with E-state index in [1.54, 1.807) is 13.1 Å². The molecule has 1 atom stereocenters. The van der Waals surface area contributed by atoms with Crippen LogP contribution in [0.2, 0.25) is 0 Å². The molecule has 7 heteroatoms. The highest BCUT2D eigenvalue weighted by Gasteiger charge is 2.45. The molecule has 1 saturated heterocycles. The summed E-state index contributed by atoms with van der Waals surface area (Å²) in [4.78, 5) is 18.3. The summed E-state index contributed by atoms with van der Waals surface area (Å²) in [7, 11) is 1.74. The van der Waals surface area contributed by atoms with Crippen LogP contribution in [0.1, 0.15) is 38.7 Å². The normalized spacial score (nSPS) is 21.0. The quantitative estimate of drug-likeness (QED) is 0.381. The molecule has 1 aliphatic heterocycles. The van der Waals surface area contributed by atoms with Crippen molar-refractivity contribution in [3.8, 4) is 0 Å². The average molecular weight is 488 g/mol. The number of nitrogens with zero attached hydrogens (tertiary/aromatic N) is 2. The molecule has 0 bridgehead atoms. The molecule has 3 rings (SSSR count). The Morgan fingerprint density at radius 2 is 2.07 bits per heavy atom. The molecular formula is C20H30FIN4O. The fourth-order valence-electron chi connectivity index (χ4n) is 3.67. The van der Waals surface area contributed by atoms with Gasteiger partial charge in [-0.25, -0.2) is 4.39 Å². The Hall–Kier alpha value is -1.38. The number of carbonyl (C=O) groups excluding carboxylic acids is 1. The van der Waals surface area contributed by atoms with Gasteiger partial charge in [0.25, 0.3) is 0 Å². The van der Waals surface area contributed by atoms with Crippen molar-refractivity contribution >= 4 is 35.8 Å². The van der Waals surface area contributed by atoms with Crippen molar-refractivity contribution in [2.75, 3.05) is 26.7 Å². The Labute approximate surface area is 178 Å². The SMILES string of the molecule is CN=C(NCC1(c2ccccc2F)CC1)NC1CCN(C(=O)C(C)C)C1.I. The van der Waals surface area contributed by atoms with Gasteiger partial charge >= 0.3 is 0 Å². The lowest BCUT2D eigenvalue weighted by Gasteiger charge is -2.22. The number of aliphatic imine (C=N–C) groups is 1. The second-order valence-corrected chi connectivity index (χ2v) is 7.75. The van der Waals surface area contributed by atoms with Gasteiger partial charge in [0.1, 0.15) is 5.82 Å². The first kappa shape index (κ1) is 21.9. The van der Waals surface area contributed by atoms with Gasteiger partial charge in [0.05, 0.1) is 0 Å². The zero-order chi connectivity index (χ0) is 18.7. The summed E-state index contributed by atoms with van der Waals surface area (Å²) in [5.74, 6) is 0.820. The zero-order valence-corrected chi connectivity index (χ0v) is 18.6. The van der Waals surface area contributed by atoms with Crippen LogP contribution < -0.4 is 10.6 Å². The maximum Gasteiger partial charge on any atom is 0.225 e. The molecule has 2 fully saturated rings. The van der Waals surface area contributed by atoms with Crippen LogP contribution in [0.25, 0.3) is 0 Å². The Morgan fingerprint density at radius 1 is 1.37 bits per heavy atom. The van der Waals surface area contributed by atoms with Crippen LogP contribution in [0.4, 0.5) is 4.39 Å². The molecule has 1 aromatic rings. The number of likely N-dealkylation sites (tertiary alicyclic amines) is 1. The van der Waals surface area contributed by atoms with E-state index in [-0.39, 0.29) is 53.1 Å². The molecule has 1 unspecified atom stereocenters. The van der Waals surface area contributed by atoms with Crippen molar-refractivity contribution in [2.24, 2.45) is 10.9 Å². The number of carbonyl (C=O) groups is 1. The minimum absolute atomic E-state index is 0. The second kappa shape index (κ2) is 9.21. The van der Waals surface area contributed by atoms with Gasteiger partial charge in [0, 0.05) is 44.1 Å². The van der Waals surface area contributed by atoms with E-state index in [2.05, 4.69) is 15.6 Å². The third-order valence-electron chi connectivity index (χ3n) is 5.45. The molecule has 1 aromatic carbocycles. The number of hydrogen-bond donors (Lipinski definition) is 2. The van der Waals surface area contributed by atoms with Gasteiger partial charge in [0.2, 0.25) is 5.91 Å². The minimum atomic E-state index is -0.131. The van der Waals surface area contributed by atoms with E-state index < -0.39 is 0 Å². The van der Waals surface area contributed by atoms with Gasteiger partial charge in [-0.2, -0.15) is 0 Å². The van der Waals surface area contributed by atoms with Crippen LogP contribution >= 0.6 is 24.0 Å². The van der Waals surface area contributed by atoms with Crippen LogP contribution in [-0.2, 0) is 10.2 Å². The monoisotopic (exact) mass is 488 g/mol. The van der Waals surface area contributed by atoms with Gasteiger partial charge < -0.3 is 15.5 Å². The van der Waals surface area contributed by atoms with Gasteiger partial charge in [-0.1, -0.05) is 32.0 Å². The van der Waals surface area contributed by atoms with Crippen LogP contribution in [0, 0.1) is 11.7 Å². The maximum absolute atomic E-state index is 14.1. The van der Waals surface area contributed by atoms with Crippen molar-refractivity contribution < 1.29 is 9.18 Å². The Bertz CT molecular complexity index is 690. The number of halogens is 2. The first-order valence-electron chi connectivity index (χ1n) is 9.46. The van der Waals surface area contributed by atoms with Crippen molar-refractivity contribution in [3.63, 3.8) is 0 Å². The summed E-state index contributed by atoms with van der Waals surface area (Å²) in [5, 5.41) is 6.77. The van der Waals surface area contributed by atoms with E-state index in [9.17, 15) is 9.18 Å². The third-order valence-corrected chi connectivity index (χ3v) is 5.45. The van der Waals surface area contributed by atoms with Crippen molar-refractivity contribution in [1.29, 1.82) is 0 Å². The van der Waals surface area contributed by atoms with Gasteiger partial charge in [0.15, 0.2) is 5.96 Å². The fourth-order valence-corrected chi connectivity index (χ4v) is 3.67. The molecular weight excluding hydrogens is 458 g/mol. The molecule has 2 aliphatic rings. The molecule has 1 amide bonds. The molecule has 5 nitrogen and oxygen atoms in total. The topological polar surface area (TPSA) is 56.7 Å². The standard InChI is InChI=1S/C20H29FN4O.HI/c1-14(2)18(26)25-11-8-15(12-25)24-19(22-3)23-13-20(9-10-20)16-6-4-5-7-17(16)21;/h4-7,14-15H,8-13H2,1-3H3,(H2,22,23,24);1H. The number of nitrogens with one attached hydrogen (secondary N) is 2. The molecule has 1 heterocycles. The number of guanidine groups is 1. The van der Waals surface area contributed by atoms with Crippen LogP contribution in [-0.4, -0.2) is 49.5 Å². The third kappa shape index (κ3) is 5.12. The molecule has 1 saturated carbocycles. The molecule has 2 N–H and O–H groups in total. The van der Waals surface area contributed by atoms with Gasteiger partial charge in [-0.05, 0) is 30.9 Å². The first-order chi connectivity index (χ1) is 12.4.